The number of nitrogens with one attached hydrogen (secondary N) is 2. The third-order valence-electron chi connectivity index (χ3n) is 8.39. The second-order valence-corrected chi connectivity index (χ2v) is 12.9. The Balaban J connectivity index is 1.23. The molecule has 3 amide bonds. The Morgan fingerprint density at radius 1 is 0.978 bits per heavy atom. The van der Waals surface area contributed by atoms with Gasteiger partial charge in [0.25, 0.3) is 0 Å². The Labute approximate surface area is 264 Å². The summed E-state index contributed by atoms with van der Waals surface area (Å²) in [5.74, 6) is 0.626. The minimum Gasteiger partial charge on any atom is -0.493 e. The molecule has 3 aromatic rings. The molecule has 2 aliphatic heterocycles. The fourth-order valence-corrected chi connectivity index (χ4v) is 5.82. The van der Waals surface area contributed by atoms with E-state index >= 15 is 0 Å². The van der Waals surface area contributed by atoms with Crippen LogP contribution in [0.2, 0.25) is 0 Å². The minimum absolute atomic E-state index is 0.0408. The summed E-state index contributed by atoms with van der Waals surface area (Å²) in [7, 11) is 1.50. The van der Waals surface area contributed by atoms with Gasteiger partial charge in [0.05, 0.1) is 18.3 Å². The zero-order valence-electron chi connectivity index (χ0n) is 26.7. The summed E-state index contributed by atoms with van der Waals surface area (Å²) in [6, 6.07) is 9.27. The van der Waals surface area contributed by atoms with Gasteiger partial charge < -0.3 is 34.6 Å². The van der Waals surface area contributed by atoms with E-state index in [0.717, 1.165) is 32.4 Å². The maximum absolute atomic E-state index is 14.9. The molecule has 0 unspecified atom stereocenters. The van der Waals surface area contributed by atoms with Gasteiger partial charge in [-0.1, -0.05) is 27.2 Å². The van der Waals surface area contributed by atoms with E-state index in [1.807, 2.05) is 0 Å². The van der Waals surface area contributed by atoms with Crippen LogP contribution in [0.4, 0.5) is 19.7 Å². The summed E-state index contributed by atoms with van der Waals surface area (Å²) in [5.41, 5.74) is 0.638. The van der Waals surface area contributed by atoms with Crippen LogP contribution in [0.15, 0.2) is 42.6 Å². The summed E-state index contributed by atoms with van der Waals surface area (Å²) < 4.78 is 32.3. The number of halogens is 1. The van der Waals surface area contributed by atoms with Gasteiger partial charge in [-0.15, -0.1) is 0 Å². The van der Waals surface area contributed by atoms with Crippen molar-refractivity contribution in [1.82, 2.24) is 20.1 Å². The van der Waals surface area contributed by atoms with Gasteiger partial charge in [-0.25, -0.2) is 14.0 Å². The van der Waals surface area contributed by atoms with Crippen LogP contribution in [0.3, 0.4) is 0 Å². The predicted octanol–water partition coefficient (Wildman–Crippen LogP) is 7.18. The zero-order chi connectivity index (χ0) is 32.0. The maximum atomic E-state index is 14.9. The van der Waals surface area contributed by atoms with E-state index in [0.29, 0.717) is 48.1 Å². The van der Waals surface area contributed by atoms with Gasteiger partial charge in [0, 0.05) is 49.4 Å². The molecule has 10 nitrogen and oxygen atoms in total. The first-order chi connectivity index (χ1) is 21.6. The van der Waals surface area contributed by atoms with Gasteiger partial charge in [-0.3, -0.25) is 4.98 Å². The molecule has 2 N–H and O–H groups in total. The van der Waals surface area contributed by atoms with Crippen molar-refractivity contribution >= 4 is 28.7 Å². The molecule has 45 heavy (non-hydrogen) atoms. The molecule has 2 saturated heterocycles. The molecule has 0 saturated carbocycles. The molecule has 11 heteroatoms. The van der Waals surface area contributed by atoms with Crippen LogP contribution in [-0.2, 0) is 0 Å². The SMILES string of the molecule is COc1cc2c(Oc3ccc(NC(=O)NCCC(C)(C)C)c(F)c3)ccnc2cc1OC(=O)N1CCC(N2CCCCC2)CC1. The van der Waals surface area contributed by atoms with Crippen molar-refractivity contribution < 1.29 is 28.2 Å². The highest BCUT2D eigenvalue weighted by atomic mass is 19.1. The number of pyridine rings is 1. The average molecular weight is 622 g/mol. The number of piperidine rings is 2. The number of hydrogen-bond acceptors (Lipinski definition) is 7. The zero-order valence-corrected chi connectivity index (χ0v) is 26.7. The van der Waals surface area contributed by atoms with E-state index in [9.17, 15) is 14.0 Å². The van der Waals surface area contributed by atoms with Crippen LogP contribution in [-0.4, -0.2) is 72.8 Å². The highest BCUT2D eigenvalue weighted by Gasteiger charge is 2.29. The molecule has 3 heterocycles. The van der Waals surface area contributed by atoms with Crippen molar-refractivity contribution in [3.8, 4) is 23.0 Å². The number of benzene rings is 2. The van der Waals surface area contributed by atoms with Gasteiger partial charge in [0.2, 0.25) is 0 Å². The molecule has 0 aliphatic carbocycles. The Bertz CT molecular complexity index is 1500. The van der Waals surface area contributed by atoms with E-state index in [4.69, 9.17) is 14.2 Å². The standard InChI is InChI=1S/C34H44FN5O5/c1-34(2,3)13-15-37-32(41)38-27-9-8-24(20-26(27)35)44-29-10-14-36-28-22-31(30(43-4)21-25(28)29)45-33(42)40-18-11-23(12-19-40)39-16-6-5-7-17-39/h8-10,14,20-23H,5-7,11-13,15-19H2,1-4H3,(H2,37,38,41). The Hall–Kier alpha value is -4.12. The van der Waals surface area contributed by atoms with E-state index in [1.54, 1.807) is 35.4 Å². The molecule has 2 aliphatic rings. The maximum Gasteiger partial charge on any atom is 0.415 e. The van der Waals surface area contributed by atoms with Gasteiger partial charge >= 0.3 is 12.1 Å². The lowest BCUT2D eigenvalue weighted by Crippen LogP contribution is -2.48. The largest absolute Gasteiger partial charge is 0.493 e. The number of rotatable bonds is 8. The summed E-state index contributed by atoms with van der Waals surface area (Å²) in [5, 5.41) is 5.88. The van der Waals surface area contributed by atoms with Crippen molar-refractivity contribution in [3.63, 3.8) is 0 Å². The monoisotopic (exact) mass is 621 g/mol. The number of fused-ring (bicyclic) bond motifs is 1. The fraction of sp³-hybridized carbons (Fsp3) is 0.500. The van der Waals surface area contributed by atoms with E-state index in [2.05, 4.69) is 41.3 Å². The van der Waals surface area contributed by atoms with Crippen LogP contribution in [0, 0.1) is 11.2 Å². The molecule has 0 atom stereocenters. The molecule has 242 valence electrons. The fourth-order valence-electron chi connectivity index (χ4n) is 5.82. The number of methoxy groups -OCH3 is 1. The van der Waals surface area contributed by atoms with Crippen LogP contribution in [0.5, 0.6) is 23.0 Å². The van der Waals surface area contributed by atoms with Crippen molar-refractivity contribution in [2.45, 2.75) is 65.3 Å². The van der Waals surface area contributed by atoms with E-state index in [1.165, 1.54) is 38.5 Å². The van der Waals surface area contributed by atoms with Crippen LogP contribution >= 0.6 is 0 Å². The number of anilines is 1. The molecule has 0 radical (unpaired) electrons. The van der Waals surface area contributed by atoms with Crippen molar-refractivity contribution in [2.24, 2.45) is 5.41 Å². The lowest BCUT2D eigenvalue weighted by Gasteiger charge is -2.39. The second-order valence-electron chi connectivity index (χ2n) is 12.9. The van der Waals surface area contributed by atoms with Crippen molar-refractivity contribution in [1.29, 1.82) is 0 Å². The molecule has 0 spiro atoms. The lowest BCUT2D eigenvalue weighted by atomic mass is 9.92. The van der Waals surface area contributed by atoms with Gasteiger partial charge in [0.15, 0.2) is 11.5 Å². The van der Waals surface area contributed by atoms with Gasteiger partial charge in [0.1, 0.15) is 17.3 Å². The number of amides is 3. The highest BCUT2D eigenvalue weighted by molar-refractivity contribution is 5.90. The highest BCUT2D eigenvalue weighted by Crippen LogP contribution is 2.38. The van der Waals surface area contributed by atoms with Crippen molar-refractivity contribution in [3.05, 3.63) is 48.4 Å². The molecule has 0 bridgehead atoms. The molecular formula is C34H44FN5O5. The van der Waals surface area contributed by atoms with Crippen LogP contribution < -0.4 is 24.8 Å². The lowest BCUT2D eigenvalue weighted by molar-refractivity contribution is 0.0874. The molecule has 1 aromatic heterocycles. The minimum atomic E-state index is -0.636. The number of likely N-dealkylation sites (tertiary alicyclic amines) is 2. The number of ether oxygens (including phenoxy) is 3. The van der Waals surface area contributed by atoms with Gasteiger partial charge in [-0.05, 0) is 74.9 Å². The quantitative estimate of drug-likeness (QED) is 0.275. The number of aromatic nitrogens is 1. The molecule has 5 rings (SSSR count). The summed E-state index contributed by atoms with van der Waals surface area (Å²) in [6.07, 6.45) is 7.64. The molecular weight excluding hydrogens is 577 g/mol. The summed E-state index contributed by atoms with van der Waals surface area (Å²) >= 11 is 0. The Morgan fingerprint density at radius 3 is 2.42 bits per heavy atom. The second kappa shape index (κ2) is 14.3. The number of carbonyl (C=O) groups excluding carboxylic acids is 2. The topological polar surface area (TPSA) is 105 Å². The van der Waals surface area contributed by atoms with Crippen molar-refractivity contribution in [2.75, 3.05) is 45.2 Å². The first-order valence-corrected chi connectivity index (χ1v) is 15.8. The third kappa shape index (κ3) is 8.54. The Kier molecular flexibility index (Phi) is 10.3. The van der Waals surface area contributed by atoms with E-state index in [-0.39, 0.29) is 22.6 Å². The summed E-state index contributed by atoms with van der Waals surface area (Å²) in [4.78, 5) is 34.1. The number of carbonyl (C=O) groups is 2. The molecule has 2 aromatic carbocycles. The first-order valence-electron chi connectivity index (χ1n) is 15.8. The van der Waals surface area contributed by atoms with Crippen LogP contribution in [0.1, 0.15) is 59.3 Å². The molecule has 2 fully saturated rings. The van der Waals surface area contributed by atoms with Gasteiger partial charge in [-0.2, -0.15) is 0 Å². The van der Waals surface area contributed by atoms with E-state index < -0.39 is 17.9 Å². The van der Waals surface area contributed by atoms with Crippen LogP contribution in [0.25, 0.3) is 10.9 Å². The predicted molar refractivity (Wildman–Crippen MR) is 172 cm³/mol. The average Bonchev–Trinajstić information content (AvgIpc) is 3.02. The normalized spacial score (nSPS) is 16.3. The first kappa shape index (κ1) is 32.3. The number of nitrogens with zero attached hydrogens (tertiary/aromatic N) is 3. The Morgan fingerprint density at radius 2 is 1.73 bits per heavy atom. The number of hydrogen-bond donors (Lipinski definition) is 2. The number of urea groups is 1. The third-order valence-corrected chi connectivity index (χ3v) is 8.39. The summed E-state index contributed by atoms with van der Waals surface area (Å²) in [6.45, 7) is 10.3. The smallest absolute Gasteiger partial charge is 0.415 e.